The van der Waals surface area contributed by atoms with Gasteiger partial charge in [-0.15, -0.1) is 0 Å². The van der Waals surface area contributed by atoms with Crippen LogP contribution in [0.15, 0.2) is 24.3 Å². The molecule has 0 radical (unpaired) electrons. The molecule has 0 aromatic heterocycles. The van der Waals surface area contributed by atoms with E-state index in [2.05, 4.69) is 16.0 Å². The van der Waals surface area contributed by atoms with Gasteiger partial charge in [0, 0.05) is 25.6 Å². The summed E-state index contributed by atoms with van der Waals surface area (Å²) in [4.78, 5) is 11.8. The first-order chi connectivity index (χ1) is 9.25. The van der Waals surface area contributed by atoms with E-state index in [0.717, 1.165) is 19.7 Å². The van der Waals surface area contributed by atoms with E-state index >= 15 is 0 Å². The fourth-order valence-electron chi connectivity index (χ4n) is 1.86. The first-order valence-electron chi connectivity index (χ1n) is 6.33. The van der Waals surface area contributed by atoms with Crippen molar-refractivity contribution in [1.29, 1.82) is 0 Å². The minimum absolute atomic E-state index is 0.252. The molecular formula is C13H18ClN3O2. The number of hydrogen-bond donors (Lipinski definition) is 3. The molecule has 3 N–H and O–H groups in total. The number of carbonyl (C=O) groups excluding carboxylic acids is 1. The van der Waals surface area contributed by atoms with Gasteiger partial charge >= 0.3 is 6.03 Å². The maximum Gasteiger partial charge on any atom is 0.319 e. The third kappa shape index (κ3) is 4.70. The van der Waals surface area contributed by atoms with E-state index in [1.165, 1.54) is 0 Å². The van der Waals surface area contributed by atoms with E-state index in [-0.39, 0.29) is 6.03 Å². The lowest BCUT2D eigenvalue weighted by molar-refractivity contribution is 0.123. The average Bonchev–Trinajstić information content (AvgIpc) is 2.68. The molecule has 1 aromatic rings. The zero-order valence-corrected chi connectivity index (χ0v) is 11.4. The topological polar surface area (TPSA) is 62.4 Å². The summed E-state index contributed by atoms with van der Waals surface area (Å²) in [6, 6.07) is 6.89. The number of amides is 2. The summed E-state index contributed by atoms with van der Waals surface area (Å²) in [5.74, 6) is 0.291. The lowest BCUT2D eigenvalue weighted by Crippen LogP contribution is -2.37. The Hall–Kier alpha value is -1.30. The van der Waals surface area contributed by atoms with Crippen molar-refractivity contribution in [2.45, 2.75) is 0 Å². The van der Waals surface area contributed by atoms with Gasteiger partial charge in [-0.2, -0.15) is 0 Å². The fourth-order valence-corrected chi connectivity index (χ4v) is 2.04. The monoisotopic (exact) mass is 283 g/mol. The molecule has 1 aromatic carbocycles. The highest BCUT2D eigenvalue weighted by Gasteiger charge is 2.13. The predicted molar refractivity (Wildman–Crippen MR) is 75.7 cm³/mol. The summed E-state index contributed by atoms with van der Waals surface area (Å²) in [5, 5.41) is 9.34. The molecule has 1 aliphatic heterocycles. The van der Waals surface area contributed by atoms with Crippen LogP contribution in [0.1, 0.15) is 0 Å². The Morgan fingerprint density at radius 1 is 1.47 bits per heavy atom. The molecule has 0 spiro atoms. The lowest BCUT2D eigenvalue weighted by Gasteiger charge is -2.15. The first kappa shape index (κ1) is 14.1. The van der Waals surface area contributed by atoms with Crippen molar-refractivity contribution >= 4 is 23.3 Å². The number of hydrogen-bond acceptors (Lipinski definition) is 3. The van der Waals surface area contributed by atoms with E-state index in [1.807, 2.05) is 12.1 Å². The maximum absolute atomic E-state index is 11.8. The summed E-state index contributed by atoms with van der Waals surface area (Å²) >= 11 is 5.97. The van der Waals surface area contributed by atoms with Gasteiger partial charge in [-0.3, -0.25) is 0 Å². The second-order valence-electron chi connectivity index (χ2n) is 4.46. The molecule has 1 atom stereocenters. The largest absolute Gasteiger partial charge is 0.380 e. The number of nitrogens with one attached hydrogen (secondary N) is 3. The Balaban J connectivity index is 1.76. The zero-order valence-electron chi connectivity index (χ0n) is 10.6. The smallest absolute Gasteiger partial charge is 0.319 e. The van der Waals surface area contributed by atoms with Crippen LogP contribution in [0.3, 0.4) is 0 Å². The van der Waals surface area contributed by atoms with Crippen LogP contribution in [-0.4, -0.2) is 38.9 Å². The number of para-hydroxylation sites is 1. The van der Waals surface area contributed by atoms with Gasteiger partial charge in [0.05, 0.1) is 23.9 Å². The molecule has 1 fully saturated rings. The number of urea groups is 1. The Kier molecular flexibility index (Phi) is 5.44. The second kappa shape index (κ2) is 7.33. The highest BCUT2D eigenvalue weighted by atomic mass is 35.5. The van der Waals surface area contributed by atoms with Crippen molar-refractivity contribution < 1.29 is 9.53 Å². The molecule has 1 aliphatic rings. The van der Waals surface area contributed by atoms with Gasteiger partial charge in [0.15, 0.2) is 0 Å². The predicted octanol–water partition coefficient (Wildman–Crippen LogP) is 1.70. The van der Waals surface area contributed by atoms with Gasteiger partial charge in [-0.25, -0.2) is 4.79 Å². The van der Waals surface area contributed by atoms with Gasteiger partial charge in [-0.1, -0.05) is 23.7 Å². The second-order valence-corrected chi connectivity index (χ2v) is 4.87. The number of rotatable bonds is 3. The molecule has 104 valence electrons. The SMILES string of the molecule is O=C(NC[C@H]1CNCCOC1)Nc1ccccc1Cl. The summed E-state index contributed by atoms with van der Waals surface area (Å²) in [6.07, 6.45) is 0. The van der Waals surface area contributed by atoms with Crippen LogP contribution in [0.25, 0.3) is 0 Å². The number of carbonyl (C=O) groups is 1. The van der Waals surface area contributed by atoms with Crippen LogP contribution in [0.2, 0.25) is 5.02 Å². The van der Waals surface area contributed by atoms with E-state index < -0.39 is 0 Å². The molecule has 1 heterocycles. The molecule has 2 amide bonds. The van der Waals surface area contributed by atoms with Crippen molar-refractivity contribution in [2.24, 2.45) is 5.92 Å². The Labute approximate surface area is 117 Å². The minimum atomic E-state index is -0.252. The number of ether oxygens (including phenoxy) is 1. The quantitative estimate of drug-likeness (QED) is 0.791. The van der Waals surface area contributed by atoms with E-state index in [1.54, 1.807) is 12.1 Å². The molecule has 5 nitrogen and oxygen atoms in total. The number of halogens is 1. The molecule has 0 saturated carbocycles. The maximum atomic E-state index is 11.8. The number of benzene rings is 1. The molecule has 19 heavy (non-hydrogen) atoms. The summed E-state index contributed by atoms with van der Waals surface area (Å²) in [6.45, 7) is 3.68. The van der Waals surface area contributed by atoms with Crippen molar-refractivity contribution in [3.63, 3.8) is 0 Å². The van der Waals surface area contributed by atoms with Crippen molar-refractivity contribution in [1.82, 2.24) is 10.6 Å². The normalized spacial score (nSPS) is 19.5. The molecule has 1 saturated heterocycles. The van der Waals surface area contributed by atoms with Crippen LogP contribution in [0.5, 0.6) is 0 Å². The van der Waals surface area contributed by atoms with Gasteiger partial charge in [0.25, 0.3) is 0 Å². The zero-order chi connectivity index (χ0) is 13.5. The third-order valence-electron chi connectivity index (χ3n) is 2.88. The molecular weight excluding hydrogens is 266 g/mol. The minimum Gasteiger partial charge on any atom is -0.380 e. The summed E-state index contributed by atoms with van der Waals surface area (Å²) < 4.78 is 5.42. The van der Waals surface area contributed by atoms with Crippen molar-refractivity contribution in [2.75, 3.05) is 38.2 Å². The highest BCUT2D eigenvalue weighted by Crippen LogP contribution is 2.19. The summed E-state index contributed by atoms with van der Waals surface area (Å²) in [7, 11) is 0. The fraction of sp³-hybridized carbons (Fsp3) is 0.462. The van der Waals surface area contributed by atoms with E-state index in [4.69, 9.17) is 16.3 Å². The van der Waals surface area contributed by atoms with Crippen molar-refractivity contribution in [3.8, 4) is 0 Å². The average molecular weight is 284 g/mol. The lowest BCUT2D eigenvalue weighted by atomic mass is 10.1. The van der Waals surface area contributed by atoms with Crippen molar-refractivity contribution in [3.05, 3.63) is 29.3 Å². The number of anilines is 1. The molecule has 0 aliphatic carbocycles. The highest BCUT2D eigenvalue weighted by molar-refractivity contribution is 6.33. The molecule has 6 heteroatoms. The Morgan fingerprint density at radius 2 is 2.32 bits per heavy atom. The Bertz CT molecular complexity index is 420. The molecule has 0 bridgehead atoms. The summed E-state index contributed by atoms with van der Waals surface area (Å²) in [5.41, 5.74) is 0.608. The van der Waals surface area contributed by atoms with Gasteiger partial charge in [-0.05, 0) is 12.1 Å². The molecule has 0 unspecified atom stereocenters. The first-order valence-corrected chi connectivity index (χ1v) is 6.71. The Morgan fingerprint density at radius 3 is 3.16 bits per heavy atom. The standard InChI is InChI=1S/C13H18ClN3O2/c14-11-3-1-2-4-12(11)17-13(18)16-8-10-7-15-5-6-19-9-10/h1-4,10,15H,5-9H2,(H2,16,17,18)/t10-/m1/s1. The van der Waals surface area contributed by atoms with Gasteiger partial charge in [0.1, 0.15) is 0 Å². The van der Waals surface area contributed by atoms with Crippen LogP contribution < -0.4 is 16.0 Å². The van der Waals surface area contributed by atoms with Crippen LogP contribution in [0, 0.1) is 5.92 Å². The van der Waals surface area contributed by atoms with Crippen LogP contribution >= 0.6 is 11.6 Å². The van der Waals surface area contributed by atoms with Crippen LogP contribution in [0.4, 0.5) is 10.5 Å². The van der Waals surface area contributed by atoms with Gasteiger partial charge < -0.3 is 20.7 Å². The van der Waals surface area contributed by atoms with E-state index in [9.17, 15) is 4.79 Å². The van der Waals surface area contributed by atoms with Crippen LogP contribution in [-0.2, 0) is 4.74 Å². The van der Waals surface area contributed by atoms with Gasteiger partial charge in [0.2, 0.25) is 0 Å². The molecule has 2 rings (SSSR count). The third-order valence-corrected chi connectivity index (χ3v) is 3.21. The van der Waals surface area contributed by atoms with E-state index in [0.29, 0.717) is 29.8 Å².